The summed E-state index contributed by atoms with van der Waals surface area (Å²) >= 11 is 5.75. The van der Waals surface area contributed by atoms with Crippen LogP contribution >= 0.6 is 11.6 Å². The van der Waals surface area contributed by atoms with E-state index in [-0.39, 0.29) is 24.5 Å². The van der Waals surface area contributed by atoms with Gasteiger partial charge in [-0.05, 0) is 44.5 Å². The van der Waals surface area contributed by atoms with Gasteiger partial charge in [0, 0.05) is 5.02 Å². The summed E-state index contributed by atoms with van der Waals surface area (Å²) in [5, 5.41) is -0.795. The van der Waals surface area contributed by atoms with Crippen LogP contribution in [0.3, 0.4) is 0 Å². The van der Waals surface area contributed by atoms with E-state index in [4.69, 9.17) is 21.1 Å². The van der Waals surface area contributed by atoms with Crippen LogP contribution in [-0.4, -0.2) is 38.8 Å². The van der Waals surface area contributed by atoms with Crippen molar-refractivity contribution in [1.29, 1.82) is 0 Å². The van der Waals surface area contributed by atoms with Crippen molar-refractivity contribution >= 4 is 33.4 Å². The number of halogens is 1. The van der Waals surface area contributed by atoms with E-state index in [0.717, 1.165) is 0 Å². The predicted molar refractivity (Wildman–Crippen MR) is 82.7 cm³/mol. The van der Waals surface area contributed by atoms with Gasteiger partial charge in [0.2, 0.25) is 0 Å². The molecule has 2 rings (SSSR count). The molecule has 1 aromatic rings. The Labute approximate surface area is 139 Å². The molecule has 1 aromatic carbocycles. The van der Waals surface area contributed by atoms with E-state index in [0.29, 0.717) is 5.02 Å². The summed E-state index contributed by atoms with van der Waals surface area (Å²) in [4.78, 5) is 24.4. The van der Waals surface area contributed by atoms with Gasteiger partial charge in [0.05, 0.1) is 23.4 Å². The van der Waals surface area contributed by atoms with Crippen molar-refractivity contribution in [2.75, 3.05) is 13.2 Å². The summed E-state index contributed by atoms with van der Waals surface area (Å²) in [5.74, 6) is -1.72. The minimum atomic E-state index is -3.88. The Morgan fingerprint density at radius 1 is 1.13 bits per heavy atom. The van der Waals surface area contributed by atoms with Gasteiger partial charge >= 0.3 is 11.9 Å². The van der Waals surface area contributed by atoms with Crippen LogP contribution in [0.2, 0.25) is 5.02 Å². The van der Waals surface area contributed by atoms with Gasteiger partial charge in [-0.3, -0.25) is 9.59 Å². The molecule has 1 aliphatic carbocycles. The quantitative estimate of drug-likeness (QED) is 0.569. The lowest BCUT2D eigenvalue weighted by atomic mass is 10.1. The van der Waals surface area contributed by atoms with Crippen LogP contribution < -0.4 is 0 Å². The molecule has 23 heavy (non-hydrogen) atoms. The molecule has 1 saturated carbocycles. The second-order valence-corrected chi connectivity index (χ2v) is 7.67. The maximum Gasteiger partial charge on any atom is 0.324 e. The summed E-state index contributed by atoms with van der Waals surface area (Å²) in [6, 6.07) is 5.56. The molecular formula is C15H17ClO6S. The Kier molecular flexibility index (Phi) is 5.01. The number of ether oxygens (including phenoxy) is 2. The minimum Gasteiger partial charge on any atom is -0.465 e. The van der Waals surface area contributed by atoms with Gasteiger partial charge < -0.3 is 9.47 Å². The molecule has 1 fully saturated rings. The number of carbonyl (C=O) groups is 2. The first-order chi connectivity index (χ1) is 10.8. The molecule has 6 nitrogen and oxygen atoms in total. The summed E-state index contributed by atoms with van der Waals surface area (Å²) in [6.07, 6.45) is -0.143. The third kappa shape index (κ3) is 3.07. The topological polar surface area (TPSA) is 86.7 Å². The molecule has 0 saturated heterocycles. The van der Waals surface area contributed by atoms with Crippen LogP contribution in [-0.2, 0) is 28.9 Å². The number of hydrogen-bond acceptors (Lipinski definition) is 6. The van der Waals surface area contributed by atoms with Gasteiger partial charge in [0.25, 0.3) is 0 Å². The SMILES string of the molecule is CCOC(=O)C1(C(=O)OCC)CC1S(=O)(=O)c1ccc(Cl)cc1. The second-order valence-electron chi connectivity index (χ2n) is 5.10. The number of esters is 2. The van der Waals surface area contributed by atoms with E-state index >= 15 is 0 Å². The largest absolute Gasteiger partial charge is 0.465 e. The Balaban J connectivity index is 2.37. The molecular weight excluding hydrogens is 344 g/mol. The molecule has 0 heterocycles. The van der Waals surface area contributed by atoms with Gasteiger partial charge in [0.15, 0.2) is 15.3 Å². The summed E-state index contributed by atoms with van der Waals surface area (Å²) in [6.45, 7) is 3.27. The highest BCUT2D eigenvalue weighted by molar-refractivity contribution is 7.92. The van der Waals surface area contributed by atoms with Gasteiger partial charge in [-0.1, -0.05) is 11.6 Å². The highest BCUT2D eigenvalue weighted by Gasteiger charge is 2.73. The van der Waals surface area contributed by atoms with Crippen molar-refractivity contribution in [3.8, 4) is 0 Å². The van der Waals surface area contributed by atoms with E-state index in [1.807, 2.05) is 0 Å². The Hall–Kier alpha value is -1.60. The van der Waals surface area contributed by atoms with Crippen LogP contribution in [0.5, 0.6) is 0 Å². The van der Waals surface area contributed by atoms with Crippen LogP contribution in [0.25, 0.3) is 0 Å². The zero-order valence-electron chi connectivity index (χ0n) is 12.7. The number of sulfone groups is 1. The molecule has 0 aliphatic heterocycles. The van der Waals surface area contributed by atoms with Gasteiger partial charge in [-0.2, -0.15) is 0 Å². The Morgan fingerprint density at radius 3 is 2.04 bits per heavy atom. The van der Waals surface area contributed by atoms with Crippen molar-refractivity contribution in [1.82, 2.24) is 0 Å². The van der Waals surface area contributed by atoms with Gasteiger partial charge in [-0.15, -0.1) is 0 Å². The fraction of sp³-hybridized carbons (Fsp3) is 0.467. The first-order valence-electron chi connectivity index (χ1n) is 7.14. The highest BCUT2D eigenvalue weighted by Crippen LogP contribution is 2.54. The lowest BCUT2D eigenvalue weighted by Crippen LogP contribution is -2.35. The predicted octanol–water partition coefficient (Wildman–Crippen LogP) is 2.00. The van der Waals surface area contributed by atoms with Crippen molar-refractivity contribution in [3.63, 3.8) is 0 Å². The van der Waals surface area contributed by atoms with E-state index in [9.17, 15) is 18.0 Å². The Bertz CT molecular complexity index is 692. The molecule has 0 aromatic heterocycles. The summed E-state index contributed by atoms with van der Waals surface area (Å²) in [7, 11) is -3.88. The first-order valence-corrected chi connectivity index (χ1v) is 9.07. The second kappa shape index (κ2) is 6.49. The van der Waals surface area contributed by atoms with Crippen LogP contribution in [0.15, 0.2) is 29.2 Å². The number of carbonyl (C=O) groups excluding carboxylic acids is 2. The zero-order valence-corrected chi connectivity index (χ0v) is 14.3. The molecule has 0 spiro atoms. The number of rotatable bonds is 6. The lowest BCUT2D eigenvalue weighted by Gasteiger charge is -2.14. The number of benzene rings is 1. The third-order valence-electron chi connectivity index (χ3n) is 3.69. The Morgan fingerprint density at radius 2 is 1.61 bits per heavy atom. The van der Waals surface area contributed by atoms with Crippen molar-refractivity contribution < 1.29 is 27.5 Å². The fourth-order valence-electron chi connectivity index (χ4n) is 2.43. The summed E-state index contributed by atoms with van der Waals surface area (Å²) < 4.78 is 35.1. The molecule has 8 heteroatoms. The molecule has 0 N–H and O–H groups in total. The molecule has 1 aliphatic rings. The third-order valence-corrected chi connectivity index (χ3v) is 6.19. The van der Waals surface area contributed by atoms with Gasteiger partial charge in [0.1, 0.15) is 0 Å². The molecule has 0 amide bonds. The van der Waals surface area contributed by atoms with Crippen LogP contribution in [0, 0.1) is 5.41 Å². The van der Waals surface area contributed by atoms with Crippen molar-refractivity contribution in [2.45, 2.75) is 30.4 Å². The first kappa shape index (κ1) is 17.7. The molecule has 1 unspecified atom stereocenters. The summed E-state index contributed by atoms with van der Waals surface area (Å²) in [5.41, 5.74) is -1.77. The maximum atomic E-state index is 12.7. The fourth-order valence-corrected chi connectivity index (χ4v) is 4.60. The minimum absolute atomic E-state index is 0.00220. The highest BCUT2D eigenvalue weighted by atomic mass is 35.5. The average molecular weight is 361 g/mol. The van der Waals surface area contributed by atoms with Crippen LogP contribution in [0.1, 0.15) is 20.3 Å². The average Bonchev–Trinajstić information content (AvgIpc) is 3.26. The monoisotopic (exact) mass is 360 g/mol. The van der Waals surface area contributed by atoms with E-state index < -0.39 is 32.4 Å². The maximum absolute atomic E-state index is 12.7. The molecule has 126 valence electrons. The van der Waals surface area contributed by atoms with Crippen molar-refractivity contribution in [2.24, 2.45) is 5.41 Å². The zero-order chi connectivity index (χ0) is 17.3. The van der Waals surface area contributed by atoms with E-state index in [1.54, 1.807) is 13.8 Å². The van der Waals surface area contributed by atoms with E-state index in [1.165, 1.54) is 24.3 Å². The van der Waals surface area contributed by atoms with E-state index in [2.05, 4.69) is 0 Å². The number of hydrogen-bond donors (Lipinski definition) is 0. The lowest BCUT2D eigenvalue weighted by molar-refractivity contribution is -0.163. The molecule has 0 bridgehead atoms. The van der Waals surface area contributed by atoms with Crippen LogP contribution in [0.4, 0.5) is 0 Å². The normalized spacial score (nSPS) is 19.0. The smallest absolute Gasteiger partial charge is 0.324 e. The van der Waals surface area contributed by atoms with Crippen molar-refractivity contribution in [3.05, 3.63) is 29.3 Å². The molecule has 1 atom stereocenters. The molecule has 0 radical (unpaired) electrons. The standard InChI is InChI=1S/C15H17ClO6S/c1-3-21-13(17)15(14(18)22-4-2)9-12(15)23(19,20)11-7-5-10(16)6-8-11/h5-8,12H,3-4,9H2,1-2H3. The van der Waals surface area contributed by atoms with Gasteiger partial charge in [-0.25, -0.2) is 8.42 Å².